The Morgan fingerprint density at radius 2 is 1.81 bits per heavy atom. The highest BCUT2D eigenvalue weighted by Crippen LogP contribution is 2.21. The van der Waals surface area contributed by atoms with Gasteiger partial charge < -0.3 is 20.3 Å². The summed E-state index contributed by atoms with van der Waals surface area (Å²) in [5.41, 5.74) is 1.32. The van der Waals surface area contributed by atoms with Crippen LogP contribution in [0, 0.1) is 19.8 Å². The fourth-order valence-electron chi connectivity index (χ4n) is 3.03. The number of aromatic nitrogens is 2. The van der Waals surface area contributed by atoms with Crippen molar-refractivity contribution in [3.8, 4) is 0 Å². The second-order valence-corrected chi connectivity index (χ2v) is 7.96. The lowest BCUT2D eigenvalue weighted by Crippen LogP contribution is -2.45. The van der Waals surface area contributed by atoms with Gasteiger partial charge in [-0.25, -0.2) is 14.8 Å². The summed E-state index contributed by atoms with van der Waals surface area (Å²) in [5, 5.41) is 5.53. The van der Waals surface area contributed by atoms with Gasteiger partial charge in [-0.2, -0.15) is 0 Å². The molecule has 8 nitrogen and oxygen atoms in total. The summed E-state index contributed by atoms with van der Waals surface area (Å²) in [4.78, 5) is 35.1. The Balaban J connectivity index is 1.78. The summed E-state index contributed by atoms with van der Waals surface area (Å²) < 4.78 is 5.16. The third-order valence-corrected chi connectivity index (χ3v) is 4.14. The van der Waals surface area contributed by atoms with Gasteiger partial charge in [-0.05, 0) is 53.5 Å². The van der Waals surface area contributed by atoms with Crippen molar-refractivity contribution in [2.24, 2.45) is 5.92 Å². The number of carbonyl (C=O) groups excluding carboxylic acids is 2. The Morgan fingerprint density at radius 3 is 2.44 bits per heavy atom. The highest BCUT2D eigenvalue weighted by atomic mass is 16.6. The van der Waals surface area contributed by atoms with Crippen molar-refractivity contribution < 1.29 is 14.3 Å². The first kappa shape index (κ1) is 20.9. The minimum Gasteiger partial charge on any atom is -0.444 e. The normalized spacial score (nSPS) is 17.4. The Bertz CT molecular complexity index is 652. The number of rotatable bonds is 5. The molecule has 2 heterocycles. The van der Waals surface area contributed by atoms with Gasteiger partial charge in [-0.3, -0.25) is 4.79 Å². The average Bonchev–Trinajstić information content (AvgIpc) is 2.56. The van der Waals surface area contributed by atoms with Crippen molar-refractivity contribution in [1.82, 2.24) is 20.6 Å². The van der Waals surface area contributed by atoms with Gasteiger partial charge in [0.2, 0.25) is 11.9 Å². The molecule has 2 rings (SSSR count). The first-order valence-electron chi connectivity index (χ1n) is 9.46. The molecule has 1 aliphatic rings. The number of hydrogen-bond donors (Lipinski definition) is 2. The maximum Gasteiger partial charge on any atom is 0.407 e. The van der Waals surface area contributed by atoms with Gasteiger partial charge in [0.05, 0.1) is 5.92 Å². The summed E-state index contributed by atoms with van der Waals surface area (Å²) in [6.07, 6.45) is 1.28. The van der Waals surface area contributed by atoms with Crippen LogP contribution in [0.4, 0.5) is 10.7 Å². The largest absolute Gasteiger partial charge is 0.444 e. The van der Waals surface area contributed by atoms with Crippen molar-refractivity contribution in [3.05, 3.63) is 17.5 Å². The Morgan fingerprint density at radius 1 is 1.19 bits per heavy atom. The molecule has 150 valence electrons. The highest BCUT2D eigenvalue weighted by molar-refractivity contribution is 5.79. The monoisotopic (exact) mass is 377 g/mol. The molecule has 0 aromatic carbocycles. The molecule has 0 saturated carbocycles. The van der Waals surface area contributed by atoms with Gasteiger partial charge in [-0.15, -0.1) is 0 Å². The lowest BCUT2D eigenvalue weighted by Gasteiger charge is -2.32. The molecule has 1 aliphatic heterocycles. The summed E-state index contributed by atoms with van der Waals surface area (Å²) in [6, 6.07) is 1.94. The van der Waals surface area contributed by atoms with Crippen molar-refractivity contribution in [2.75, 3.05) is 31.1 Å². The predicted molar refractivity (Wildman–Crippen MR) is 104 cm³/mol. The van der Waals surface area contributed by atoms with E-state index in [2.05, 4.69) is 25.5 Å². The van der Waals surface area contributed by atoms with Crippen LogP contribution in [0.15, 0.2) is 6.07 Å². The first-order chi connectivity index (χ1) is 12.6. The third-order valence-electron chi connectivity index (χ3n) is 4.14. The van der Waals surface area contributed by atoms with E-state index in [1.165, 1.54) is 0 Å². The molecule has 1 atom stereocenters. The standard InChI is InChI=1S/C19H31N5O3/c1-13-11-14(2)23-17(22-13)24-10-6-7-15(12-24)16(25)20-8-9-21-18(26)27-19(3,4)5/h11,15H,6-10,12H2,1-5H3,(H,20,25)(H,21,26)/t15-/m1/s1. The lowest BCUT2D eigenvalue weighted by atomic mass is 9.97. The molecular weight excluding hydrogens is 346 g/mol. The SMILES string of the molecule is Cc1cc(C)nc(N2CCC[C@@H](C(=O)NCCNC(=O)OC(C)(C)C)C2)n1. The maximum atomic E-state index is 12.5. The van der Waals surface area contributed by atoms with Crippen LogP contribution < -0.4 is 15.5 Å². The molecule has 1 fully saturated rings. The van der Waals surface area contributed by atoms with E-state index in [-0.39, 0.29) is 11.8 Å². The molecule has 1 aromatic rings. The Hall–Kier alpha value is -2.38. The van der Waals surface area contributed by atoms with E-state index < -0.39 is 11.7 Å². The number of piperidine rings is 1. The van der Waals surface area contributed by atoms with Crippen LogP contribution in [0.3, 0.4) is 0 Å². The van der Waals surface area contributed by atoms with Gasteiger partial charge >= 0.3 is 6.09 Å². The Kier molecular flexibility index (Phi) is 6.98. The van der Waals surface area contributed by atoms with Crippen LogP contribution >= 0.6 is 0 Å². The minimum absolute atomic E-state index is 0.00457. The lowest BCUT2D eigenvalue weighted by molar-refractivity contribution is -0.125. The van der Waals surface area contributed by atoms with Crippen molar-refractivity contribution in [1.29, 1.82) is 0 Å². The summed E-state index contributed by atoms with van der Waals surface area (Å²) in [7, 11) is 0. The quantitative estimate of drug-likeness (QED) is 0.762. The molecule has 1 saturated heterocycles. The van der Waals surface area contributed by atoms with E-state index in [1.807, 2.05) is 40.7 Å². The van der Waals surface area contributed by atoms with Gasteiger partial charge in [0.25, 0.3) is 0 Å². The van der Waals surface area contributed by atoms with E-state index in [0.29, 0.717) is 25.6 Å². The van der Waals surface area contributed by atoms with Gasteiger partial charge in [0.15, 0.2) is 0 Å². The molecular formula is C19H31N5O3. The molecule has 0 radical (unpaired) electrons. The summed E-state index contributed by atoms with van der Waals surface area (Å²) >= 11 is 0. The van der Waals surface area contributed by atoms with Crippen LogP contribution in [0.5, 0.6) is 0 Å². The van der Waals surface area contributed by atoms with Crippen molar-refractivity contribution in [3.63, 3.8) is 0 Å². The molecule has 0 bridgehead atoms. The molecule has 2 N–H and O–H groups in total. The summed E-state index contributed by atoms with van der Waals surface area (Å²) in [6.45, 7) is 11.5. The number of alkyl carbamates (subject to hydrolysis) is 1. The third kappa shape index (κ3) is 7.03. The number of nitrogens with zero attached hydrogens (tertiary/aromatic N) is 3. The smallest absolute Gasteiger partial charge is 0.407 e. The number of nitrogens with one attached hydrogen (secondary N) is 2. The van der Waals surface area contributed by atoms with Crippen molar-refractivity contribution in [2.45, 2.75) is 53.1 Å². The number of anilines is 1. The highest BCUT2D eigenvalue weighted by Gasteiger charge is 2.27. The number of aryl methyl sites for hydroxylation is 2. The number of hydrogen-bond acceptors (Lipinski definition) is 6. The molecule has 27 heavy (non-hydrogen) atoms. The maximum absolute atomic E-state index is 12.5. The molecule has 0 spiro atoms. The first-order valence-corrected chi connectivity index (χ1v) is 9.46. The van der Waals surface area contributed by atoms with E-state index in [1.54, 1.807) is 0 Å². The number of carbonyl (C=O) groups is 2. The second kappa shape index (κ2) is 9.01. The fourth-order valence-corrected chi connectivity index (χ4v) is 3.03. The second-order valence-electron chi connectivity index (χ2n) is 7.96. The van der Waals surface area contributed by atoms with Gasteiger partial charge in [0.1, 0.15) is 5.60 Å². The minimum atomic E-state index is -0.533. The van der Waals surface area contributed by atoms with Crippen LogP contribution in [0.1, 0.15) is 45.0 Å². The van der Waals surface area contributed by atoms with E-state index in [4.69, 9.17) is 4.74 Å². The number of amides is 2. The zero-order chi connectivity index (χ0) is 20.0. The Labute approximate surface area is 161 Å². The number of ether oxygens (including phenoxy) is 1. The van der Waals surface area contributed by atoms with Crippen LogP contribution in [0.25, 0.3) is 0 Å². The van der Waals surface area contributed by atoms with Crippen molar-refractivity contribution >= 4 is 17.9 Å². The van der Waals surface area contributed by atoms with Crippen LogP contribution in [-0.2, 0) is 9.53 Å². The topological polar surface area (TPSA) is 96.5 Å². The van der Waals surface area contributed by atoms with Crippen LogP contribution in [0.2, 0.25) is 0 Å². The fraction of sp³-hybridized carbons (Fsp3) is 0.684. The van der Waals surface area contributed by atoms with Gasteiger partial charge in [-0.1, -0.05) is 0 Å². The van der Waals surface area contributed by atoms with Crippen LogP contribution in [-0.4, -0.2) is 53.7 Å². The molecule has 2 amide bonds. The average molecular weight is 377 g/mol. The van der Waals surface area contributed by atoms with E-state index in [0.717, 1.165) is 30.8 Å². The van der Waals surface area contributed by atoms with E-state index >= 15 is 0 Å². The molecule has 0 aliphatic carbocycles. The molecule has 0 unspecified atom stereocenters. The summed E-state index contributed by atoms with van der Waals surface area (Å²) in [5.74, 6) is 0.580. The predicted octanol–water partition coefficient (Wildman–Crippen LogP) is 1.95. The zero-order valence-electron chi connectivity index (χ0n) is 17.0. The molecule has 1 aromatic heterocycles. The van der Waals surface area contributed by atoms with Gasteiger partial charge in [0, 0.05) is 37.6 Å². The molecule has 8 heteroatoms. The zero-order valence-corrected chi connectivity index (χ0v) is 17.0. The van der Waals surface area contributed by atoms with E-state index in [9.17, 15) is 9.59 Å².